The fourth-order valence-electron chi connectivity index (χ4n) is 2.80. The second kappa shape index (κ2) is 7.18. The van der Waals surface area contributed by atoms with Gasteiger partial charge in [0.25, 0.3) is 0 Å². The summed E-state index contributed by atoms with van der Waals surface area (Å²) in [6, 6.07) is 0.224. The van der Waals surface area contributed by atoms with Gasteiger partial charge >= 0.3 is 0 Å². The van der Waals surface area contributed by atoms with Crippen LogP contribution in [0, 0.1) is 0 Å². The predicted octanol–water partition coefficient (Wildman–Crippen LogP) is 3.75. The second-order valence-electron chi connectivity index (χ2n) is 4.78. The third kappa shape index (κ3) is 3.39. The van der Waals surface area contributed by atoms with Gasteiger partial charge < -0.3 is 14.8 Å². The van der Waals surface area contributed by atoms with Crippen LogP contribution in [0.25, 0.3) is 0 Å². The Morgan fingerprint density at radius 1 is 1.42 bits per heavy atom. The van der Waals surface area contributed by atoms with Crippen molar-refractivity contribution in [3.63, 3.8) is 0 Å². The van der Waals surface area contributed by atoms with E-state index in [1.165, 1.54) is 10.0 Å². The molecule has 108 valence electrons. The van der Waals surface area contributed by atoms with Crippen molar-refractivity contribution in [2.24, 2.45) is 0 Å². The Morgan fingerprint density at radius 2 is 2.16 bits per heavy atom. The van der Waals surface area contributed by atoms with Gasteiger partial charge in [-0.2, -0.15) is 11.3 Å². The Morgan fingerprint density at radius 3 is 2.68 bits per heavy atom. The Labute approximate surface area is 127 Å². The summed E-state index contributed by atoms with van der Waals surface area (Å²) in [5, 5.41) is 7.97. The van der Waals surface area contributed by atoms with Gasteiger partial charge in [0.15, 0.2) is 0 Å². The maximum absolute atomic E-state index is 6.21. The molecule has 1 fully saturated rings. The zero-order chi connectivity index (χ0) is 13.7. The summed E-state index contributed by atoms with van der Waals surface area (Å²) in [4.78, 5) is 0. The summed E-state index contributed by atoms with van der Waals surface area (Å²) in [5.74, 6) is 0. The average Bonchev–Trinajstić information content (AvgIpc) is 2.83. The highest BCUT2D eigenvalue weighted by Crippen LogP contribution is 2.41. The Kier molecular flexibility index (Phi) is 5.84. The Hall–Kier alpha value is 0.0600. The molecule has 1 aliphatic heterocycles. The largest absolute Gasteiger partial charge is 0.381 e. The van der Waals surface area contributed by atoms with Crippen molar-refractivity contribution < 1.29 is 9.47 Å². The normalized spacial score (nSPS) is 20.4. The van der Waals surface area contributed by atoms with Crippen LogP contribution in [0.15, 0.2) is 15.2 Å². The molecule has 0 radical (unpaired) electrons. The van der Waals surface area contributed by atoms with E-state index < -0.39 is 0 Å². The molecule has 1 aliphatic rings. The number of ether oxygens (including phenoxy) is 2. The van der Waals surface area contributed by atoms with E-state index in [2.05, 4.69) is 45.9 Å². The summed E-state index contributed by atoms with van der Waals surface area (Å²) >= 11 is 5.39. The fraction of sp³-hybridized carbons (Fsp3) is 0.714. The van der Waals surface area contributed by atoms with Gasteiger partial charge in [0.1, 0.15) is 0 Å². The molecule has 3 nitrogen and oxygen atoms in total. The van der Waals surface area contributed by atoms with Crippen molar-refractivity contribution in [3.05, 3.63) is 20.8 Å². The standard InChI is InChI=1S/C14H22BrNO2S/c1-3-16-13(11-9-19-10-12(11)15)14(18-4-2)5-7-17-8-6-14/h9-10,13,16H,3-8H2,1-2H3. The molecule has 1 aromatic heterocycles. The minimum atomic E-state index is -0.146. The Bertz CT molecular complexity index is 385. The monoisotopic (exact) mass is 347 g/mol. The van der Waals surface area contributed by atoms with Gasteiger partial charge in [-0.3, -0.25) is 0 Å². The number of hydrogen-bond donors (Lipinski definition) is 1. The Balaban J connectivity index is 2.31. The number of nitrogens with one attached hydrogen (secondary N) is 1. The molecule has 0 spiro atoms. The van der Waals surface area contributed by atoms with Crippen molar-refractivity contribution >= 4 is 27.3 Å². The molecular weight excluding hydrogens is 326 g/mol. The minimum Gasteiger partial charge on any atom is -0.381 e. The first-order chi connectivity index (χ1) is 9.23. The van der Waals surface area contributed by atoms with Crippen LogP contribution in [0.2, 0.25) is 0 Å². The van der Waals surface area contributed by atoms with Crippen molar-refractivity contribution in [1.29, 1.82) is 0 Å². The van der Waals surface area contributed by atoms with E-state index in [0.717, 1.165) is 39.2 Å². The predicted molar refractivity (Wildman–Crippen MR) is 82.8 cm³/mol. The summed E-state index contributed by atoms with van der Waals surface area (Å²) < 4.78 is 12.9. The van der Waals surface area contributed by atoms with Crippen molar-refractivity contribution in [1.82, 2.24) is 5.32 Å². The lowest BCUT2D eigenvalue weighted by Gasteiger charge is -2.43. The van der Waals surface area contributed by atoms with Crippen LogP contribution in [-0.2, 0) is 9.47 Å². The molecule has 2 rings (SSSR count). The molecule has 1 unspecified atom stereocenters. The van der Waals surface area contributed by atoms with Gasteiger partial charge in [-0.1, -0.05) is 6.92 Å². The quantitative estimate of drug-likeness (QED) is 0.849. The van der Waals surface area contributed by atoms with E-state index >= 15 is 0 Å². The molecule has 0 bridgehead atoms. The van der Waals surface area contributed by atoms with Crippen LogP contribution < -0.4 is 5.32 Å². The average molecular weight is 348 g/mol. The molecule has 2 heterocycles. The molecule has 1 atom stereocenters. The topological polar surface area (TPSA) is 30.5 Å². The highest BCUT2D eigenvalue weighted by molar-refractivity contribution is 9.10. The van der Waals surface area contributed by atoms with E-state index in [1.807, 2.05) is 0 Å². The first-order valence-electron chi connectivity index (χ1n) is 6.90. The van der Waals surface area contributed by atoms with E-state index in [0.29, 0.717) is 0 Å². The van der Waals surface area contributed by atoms with Crippen molar-refractivity contribution in [2.75, 3.05) is 26.4 Å². The third-order valence-corrected chi connectivity index (χ3v) is 5.41. The SMILES string of the molecule is CCNC(c1cscc1Br)C1(OCC)CCOCC1. The van der Waals surface area contributed by atoms with E-state index in [9.17, 15) is 0 Å². The molecule has 0 aromatic carbocycles. The molecule has 0 aliphatic carbocycles. The zero-order valence-electron chi connectivity index (χ0n) is 11.6. The van der Waals surface area contributed by atoms with Crippen molar-refractivity contribution in [3.8, 4) is 0 Å². The molecule has 5 heteroatoms. The van der Waals surface area contributed by atoms with E-state index in [4.69, 9.17) is 9.47 Å². The molecule has 1 N–H and O–H groups in total. The lowest BCUT2D eigenvalue weighted by molar-refractivity contribution is -0.127. The fourth-order valence-corrected chi connectivity index (χ4v) is 4.35. The number of halogens is 1. The number of thiophene rings is 1. The minimum absolute atomic E-state index is 0.146. The maximum atomic E-state index is 6.21. The van der Waals surface area contributed by atoms with Crippen LogP contribution in [-0.4, -0.2) is 32.0 Å². The van der Waals surface area contributed by atoms with Crippen LogP contribution in [0.1, 0.15) is 38.3 Å². The smallest absolute Gasteiger partial charge is 0.0920 e. The molecule has 1 aromatic rings. The number of rotatable bonds is 6. The maximum Gasteiger partial charge on any atom is 0.0920 e. The first kappa shape index (κ1) is 15.4. The lowest BCUT2D eigenvalue weighted by Crippen LogP contribution is -2.50. The summed E-state index contributed by atoms with van der Waals surface area (Å²) in [7, 11) is 0. The van der Waals surface area contributed by atoms with Gasteiger partial charge in [-0.05, 0) is 40.3 Å². The second-order valence-corrected chi connectivity index (χ2v) is 6.37. The number of hydrogen-bond acceptors (Lipinski definition) is 4. The van der Waals surface area contributed by atoms with Crippen LogP contribution >= 0.6 is 27.3 Å². The van der Waals surface area contributed by atoms with Gasteiger partial charge in [0, 0.05) is 42.5 Å². The summed E-state index contributed by atoms with van der Waals surface area (Å²) in [6.07, 6.45) is 1.89. The molecule has 0 saturated carbocycles. The van der Waals surface area contributed by atoms with Gasteiger partial charge in [-0.25, -0.2) is 0 Å². The van der Waals surface area contributed by atoms with Gasteiger partial charge in [0.2, 0.25) is 0 Å². The highest BCUT2D eigenvalue weighted by Gasteiger charge is 2.42. The molecule has 1 saturated heterocycles. The van der Waals surface area contributed by atoms with E-state index in [-0.39, 0.29) is 11.6 Å². The summed E-state index contributed by atoms with van der Waals surface area (Å²) in [6.45, 7) is 7.45. The first-order valence-corrected chi connectivity index (χ1v) is 8.63. The van der Waals surface area contributed by atoms with Crippen LogP contribution in [0.3, 0.4) is 0 Å². The highest BCUT2D eigenvalue weighted by atomic mass is 79.9. The van der Waals surface area contributed by atoms with Crippen molar-refractivity contribution in [2.45, 2.75) is 38.3 Å². The summed E-state index contributed by atoms with van der Waals surface area (Å²) in [5.41, 5.74) is 1.16. The van der Waals surface area contributed by atoms with E-state index in [1.54, 1.807) is 11.3 Å². The van der Waals surface area contributed by atoms with Gasteiger partial charge in [0.05, 0.1) is 11.6 Å². The molecule has 0 amide bonds. The molecule has 19 heavy (non-hydrogen) atoms. The van der Waals surface area contributed by atoms with Gasteiger partial charge in [-0.15, -0.1) is 0 Å². The number of likely N-dealkylation sites (N-methyl/N-ethyl adjacent to an activating group) is 1. The lowest BCUT2D eigenvalue weighted by atomic mass is 9.82. The third-order valence-electron chi connectivity index (χ3n) is 3.66. The zero-order valence-corrected chi connectivity index (χ0v) is 14.0. The van der Waals surface area contributed by atoms with Crippen LogP contribution in [0.5, 0.6) is 0 Å². The van der Waals surface area contributed by atoms with Crippen LogP contribution in [0.4, 0.5) is 0 Å². The molecular formula is C14H22BrNO2S.